The van der Waals surface area contributed by atoms with Crippen molar-refractivity contribution in [3.8, 4) is 5.75 Å². The van der Waals surface area contributed by atoms with Gasteiger partial charge in [-0.25, -0.2) is 0 Å². The number of hydrogen-bond acceptors (Lipinski definition) is 2. The Morgan fingerprint density at radius 1 is 1.11 bits per heavy atom. The smallest absolute Gasteiger partial charge is 0.118 e. The van der Waals surface area contributed by atoms with Crippen molar-refractivity contribution in [1.29, 1.82) is 0 Å². The number of halogens is 1. The first-order valence-corrected chi connectivity index (χ1v) is 7.10. The molecule has 0 saturated heterocycles. The molecule has 1 N–H and O–H groups in total. The first-order chi connectivity index (χ1) is 9.20. The van der Waals surface area contributed by atoms with Crippen molar-refractivity contribution in [3.05, 3.63) is 64.1 Å². The molecule has 0 aliphatic rings. The second-order valence-corrected chi connectivity index (χ2v) is 5.33. The van der Waals surface area contributed by atoms with Gasteiger partial charge in [-0.3, -0.25) is 0 Å². The summed E-state index contributed by atoms with van der Waals surface area (Å²) in [5, 5.41) is 3.52. The van der Waals surface area contributed by atoms with Crippen LogP contribution in [0.2, 0.25) is 0 Å². The summed E-state index contributed by atoms with van der Waals surface area (Å²) >= 11 is 3.59. The molecule has 2 aromatic rings. The Kier molecular flexibility index (Phi) is 5.00. The minimum Gasteiger partial charge on any atom is -0.497 e. The van der Waals surface area contributed by atoms with Crippen LogP contribution in [0.15, 0.2) is 53.0 Å². The number of nitrogens with one attached hydrogen (secondary N) is 1. The van der Waals surface area contributed by atoms with Crippen LogP contribution in [0.3, 0.4) is 0 Å². The second-order valence-electron chi connectivity index (χ2n) is 4.47. The van der Waals surface area contributed by atoms with Gasteiger partial charge in [0, 0.05) is 17.1 Å². The molecule has 0 spiro atoms. The van der Waals surface area contributed by atoms with Crippen LogP contribution in [0.5, 0.6) is 5.75 Å². The van der Waals surface area contributed by atoms with Crippen LogP contribution >= 0.6 is 15.9 Å². The first kappa shape index (κ1) is 14.1. The van der Waals surface area contributed by atoms with Crippen molar-refractivity contribution in [2.24, 2.45) is 0 Å². The van der Waals surface area contributed by atoms with E-state index in [0.29, 0.717) is 6.04 Å². The molecular weight excluding hydrogens is 302 g/mol. The van der Waals surface area contributed by atoms with E-state index in [2.05, 4.69) is 58.5 Å². The maximum Gasteiger partial charge on any atom is 0.118 e. The highest BCUT2D eigenvalue weighted by molar-refractivity contribution is 9.10. The third kappa shape index (κ3) is 3.82. The molecule has 1 atom stereocenters. The molecule has 0 heterocycles. The molecule has 0 radical (unpaired) electrons. The largest absolute Gasteiger partial charge is 0.497 e. The van der Waals surface area contributed by atoms with Gasteiger partial charge in [-0.2, -0.15) is 0 Å². The zero-order valence-corrected chi connectivity index (χ0v) is 12.8. The van der Waals surface area contributed by atoms with Gasteiger partial charge in [0.25, 0.3) is 0 Å². The van der Waals surface area contributed by atoms with Crippen LogP contribution in [0.25, 0.3) is 0 Å². The van der Waals surface area contributed by atoms with Crippen molar-refractivity contribution in [2.45, 2.75) is 19.5 Å². The summed E-state index contributed by atoms with van der Waals surface area (Å²) in [4.78, 5) is 0. The monoisotopic (exact) mass is 319 g/mol. The van der Waals surface area contributed by atoms with Crippen LogP contribution in [-0.2, 0) is 6.54 Å². The summed E-state index contributed by atoms with van der Waals surface area (Å²) in [5.41, 5.74) is 2.52. The lowest BCUT2D eigenvalue weighted by Gasteiger charge is -2.16. The number of hydrogen-bond donors (Lipinski definition) is 1. The highest BCUT2D eigenvalue weighted by Gasteiger charge is 2.07. The quantitative estimate of drug-likeness (QED) is 0.886. The van der Waals surface area contributed by atoms with Crippen LogP contribution in [0, 0.1) is 0 Å². The van der Waals surface area contributed by atoms with Crippen LogP contribution in [0.1, 0.15) is 24.1 Å². The van der Waals surface area contributed by atoms with E-state index < -0.39 is 0 Å². The van der Waals surface area contributed by atoms with Crippen molar-refractivity contribution >= 4 is 15.9 Å². The van der Waals surface area contributed by atoms with Gasteiger partial charge in [0.05, 0.1) is 7.11 Å². The molecule has 0 unspecified atom stereocenters. The topological polar surface area (TPSA) is 21.3 Å². The molecule has 0 bridgehead atoms. The van der Waals surface area contributed by atoms with E-state index in [1.807, 2.05) is 18.2 Å². The lowest BCUT2D eigenvalue weighted by Crippen LogP contribution is -2.18. The average molecular weight is 320 g/mol. The lowest BCUT2D eigenvalue weighted by molar-refractivity contribution is 0.414. The molecule has 2 aromatic carbocycles. The third-order valence-electron chi connectivity index (χ3n) is 3.14. The summed E-state index contributed by atoms with van der Waals surface area (Å²) in [7, 11) is 1.68. The van der Waals surface area contributed by atoms with Gasteiger partial charge in [-0.05, 0) is 36.2 Å². The highest BCUT2D eigenvalue weighted by Crippen LogP contribution is 2.23. The van der Waals surface area contributed by atoms with Crippen LogP contribution in [0.4, 0.5) is 0 Å². The summed E-state index contributed by atoms with van der Waals surface area (Å²) in [5.74, 6) is 0.891. The molecule has 0 aliphatic heterocycles. The molecular formula is C16H18BrNO. The number of methoxy groups -OCH3 is 1. The fourth-order valence-corrected chi connectivity index (χ4v) is 2.58. The minimum atomic E-state index is 0.303. The van der Waals surface area contributed by atoms with Gasteiger partial charge in [0.15, 0.2) is 0 Å². The van der Waals surface area contributed by atoms with Gasteiger partial charge in [-0.15, -0.1) is 0 Å². The molecule has 2 rings (SSSR count). The fraction of sp³-hybridized carbons (Fsp3) is 0.250. The van der Waals surface area contributed by atoms with E-state index in [9.17, 15) is 0 Å². The zero-order valence-electron chi connectivity index (χ0n) is 11.2. The molecule has 0 fully saturated rings. The summed E-state index contributed by atoms with van der Waals surface area (Å²) in [6, 6.07) is 16.7. The van der Waals surface area contributed by atoms with Crippen molar-refractivity contribution in [2.75, 3.05) is 7.11 Å². The van der Waals surface area contributed by atoms with Gasteiger partial charge in [0.1, 0.15) is 5.75 Å². The van der Waals surface area contributed by atoms with Gasteiger partial charge >= 0.3 is 0 Å². The molecule has 100 valence electrons. The van der Waals surface area contributed by atoms with E-state index in [1.165, 1.54) is 11.1 Å². The Morgan fingerprint density at radius 3 is 2.42 bits per heavy atom. The Bertz CT molecular complexity index is 525. The van der Waals surface area contributed by atoms with E-state index >= 15 is 0 Å². The standard InChI is InChI=1S/C16H18BrNO/c1-12(15-5-3-4-6-16(15)17)18-11-13-7-9-14(19-2)10-8-13/h3-10,12,18H,11H2,1-2H3/t12-/m0/s1. The third-order valence-corrected chi connectivity index (χ3v) is 3.87. The number of benzene rings is 2. The highest BCUT2D eigenvalue weighted by atomic mass is 79.9. The normalized spacial score (nSPS) is 12.2. The fourth-order valence-electron chi connectivity index (χ4n) is 1.95. The molecule has 3 heteroatoms. The summed E-state index contributed by atoms with van der Waals surface area (Å²) in [6.45, 7) is 3.01. The van der Waals surface area contributed by atoms with E-state index in [0.717, 1.165) is 16.8 Å². The summed E-state index contributed by atoms with van der Waals surface area (Å²) < 4.78 is 6.30. The Labute approximate surface area is 122 Å². The SMILES string of the molecule is COc1ccc(CN[C@@H](C)c2ccccc2Br)cc1. The van der Waals surface area contributed by atoms with Crippen LogP contribution < -0.4 is 10.1 Å². The Morgan fingerprint density at radius 2 is 1.79 bits per heavy atom. The first-order valence-electron chi connectivity index (χ1n) is 6.31. The maximum absolute atomic E-state index is 5.15. The van der Waals surface area contributed by atoms with Gasteiger partial charge in [-0.1, -0.05) is 46.3 Å². The van der Waals surface area contributed by atoms with E-state index in [-0.39, 0.29) is 0 Å². The van der Waals surface area contributed by atoms with Crippen molar-refractivity contribution in [1.82, 2.24) is 5.32 Å². The number of rotatable bonds is 5. The number of ether oxygens (including phenoxy) is 1. The van der Waals surface area contributed by atoms with E-state index in [1.54, 1.807) is 7.11 Å². The van der Waals surface area contributed by atoms with E-state index in [4.69, 9.17) is 4.74 Å². The van der Waals surface area contributed by atoms with Crippen LogP contribution in [-0.4, -0.2) is 7.11 Å². The average Bonchev–Trinajstić information content (AvgIpc) is 2.46. The summed E-state index contributed by atoms with van der Waals surface area (Å²) in [6.07, 6.45) is 0. The minimum absolute atomic E-state index is 0.303. The molecule has 0 aliphatic carbocycles. The van der Waals surface area contributed by atoms with Crippen molar-refractivity contribution < 1.29 is 4.74 Å². The maximum atomic E-state index is 5.15. The zero-order chi connectivity index (χ0) is 13.7. The molecule has 0 aromatic heterocycles. The molecule has 0 saturated carbocycles. The van der Waals surface area contributed by atoms with Gasteiger partial charge in [0.2, 0.25) is 0 Å². The Hall–Kier alpha value is -1.32. The van der Waals surface area contributed by atoms with Crippen molar-refractivity contribution in [3.63, 3.8) is 0 Å². The second kappa shape index (κ2) is 6.73. The predicted octanol–water partition coefficient (Wildman–Crippen LogP) is 4.31. The Balaban J connectivity index is 1.96. The molecule has 19 heavy (non-hydrogen) atoms. The molecule has 2 nitrogen and oxygen atoms in total. The lowest BCUT2D eigenvalue weighted by atomic mass is 10.1. The predicted molar refractivity (Wildman–Crippen MR) is 82.4 cm³/mol. The molecule has 0 amide bonds. The van der Waals surface area contributed by atoms with Gasteiger partial charge < -0.3 is 10.1 Å².